The van der Waals surface area contributed by atoms with Crippen molar-refractivity contribution in [3.63, 3.8) is 0 Å². The highest BCUT2D eigenvalue weighted by Gasteiger charge is 2.38. The molecule has 1 aliphatic rings. The molecule has 0 bridgehead atoms. The Morgan fingerprint density at radius 2 is 2.18 bits per heavy atom. The largest absolute Gasteiger partial charge is 0.453 e. The fourth-order valence-corrected chi connectivity index (χ4v) is 3.21. The first-order valence-corrected chi connectivity index (χ1v) is 6.31. The molecule has 2 rings (SSSR count). The molecule has 1 saturated heterocycles. The van der Waals surface area contributed by atoms with Crippen LogP contribution in [0, 0.1) is 0 Å². The van der Waals surface area contributed by atoms with Gasteiger partial charge in [-0.25, -0.2) is 4.79 Å². The zero-order valence-corrected chi connectivity index (χ0v) is 10.2. The third-order valence-electron chi connectivity index (χ3n) is 2.66. The summed E-state index contributed by atoms with van der Waals surface area (Å²) in [5.74, 6) is 0.609. The summed E-state index contributed by atoms with van der Waals surface area (Å²) >= 11 is 1.57. The van der Waals surface area contributed by atoms with Crippen molar-refractivity contribution in [3.05, 3.63) is 35.9 Å². The van der Waals surface area contributed by atoms with Crippen LogP contribution in [0.25, 0.3) is 0 Å². The number of ether oxygens (including phenoxy) is 1. The lowest BCUT2D eigenvalue weighted by Gasteiger charge is -2.25. The molecule has 1 aromatic rings. The molecule has 17 heavy (non-hydrogen) atoms. The van der Waals surface area contributed by atoms with Gasteiger partial charge in [-0.15, -0.1) is 11.8 Å². The van der Waals surface area contributed by atoms with E-state index in [1.807, 2.05) is 30.3 Å². The molecule has 2 atom stereocenters. The number of methoxy groups -OCH3 is 1. The summed E-state index contributed by atoms with van der Waals surface area (Å²) in [4.78, 5) is 24.1. The van der Waals surface area contributed by atoms with Crippen LogP contribution < -0.4 is 0 Å². The van der Waals surface area contributed by atoms with Gasteiger partial charge in [-0.2, -0.15) is 0 Å². The third kappa shape index (κ3) is 2.29. The molecule has 1 fully saturated rings. The maximum absolute atomic E-state index is 11.7. The van der Waals surface area contributed by atoms with Crippen LogP contribution in [0.3, 0.4) is 0 Å². The number of nitrogens with zero attached hydrogens (tertiary/aromatic N) is 1. The molecule has 0 aliphatic carbocycles. The highest BCUT2D eigenvalue weighted by Crippen LogP contribution is 2.40. The van der Waals surface area contributed by atoms with E-state index in [1.165, 1.54) is 12.0 Å². The van der Waals surface area contributed by atoms with Crippen molar-refractivity contribution in [2.75, 3.05) is 12.9 Å². The van der Waals surface area contributed by atoms with Crippen LogP contribution in [-0.2, 0) is 9.53 Å². The number of carbonyl (C=O) groups is 2. The molecule has 0 aromatic heterocycles. The molecule has 1 unspecified atom stereocenters. The highest BCUT2D eigenvalue weighted by molar-refractivity contribution is 7.99. The average Bonchev–Trinajstić information content (AvgIpc) is 2.82. The first-order valence-electron chi connectivity index (χ1n) is 5.26. The molecule has 0 spiro atoms. The summed E-state index contributed by atoms with van der Waals surface area (Å²) < 4.78 is 4.73. The molecule has 90 valence electrons. The smallest absolute Gasteiger partial charge is 0.411 e. The van der Waals surface area contributed by atoms with Crippen LogP contribution in [-0.4, -0.2) is 36.2 Å². The maximum Gasteiger partial charge on any atom is 0.411 e. The fourth-order valence-electron chi connectivity index (χ4n) is 1.84. The molecule has 5 heteroatoms. The van der Waals surface area contributed by atoms with Crippen molar-refractivity contribution in [1.82, 2.24) is 4.90 Å². The van der Waals surface area contributed by atoms with Crippen molar-refractivity contribution < 1.29 is 14.3 Å². The number of amides is 1. The van der Waals surface area contributed by atoms with Crippen LogP contribution in [0.15, 0.2) is 30.3 Å². The second-order valence-corrected chi connectivity index (χ2v) is 4.79. The Morgan fingerprint density at radius 3 is 2.76 bits per heavy atom. The normalized spacial score (nSPS) is 23.5. The summed E-state index contributed by atoms with van der Waals surface area (Å²) in [6, 6.07) is 9.24. The van der Waals surface area contributed by atoms with E-state index >= 15 is 0 Å². The lowest BCUT2D eigenvalue weighted by molar-refractivity contribution is -0.111. The highest BCUT2D eigenvalue weighted by atomic mass is 32.2. The van der Waals surface area contributed by atoms with E-state index in [0.29, 0.717) is 5.75 Å². The number of aldehydes is 1. The van der Waals surface area contributed by atoms with Gasteiger partial charge in [-0.1, -0.05) is 30.3 Å². The number of benzene rings is 1. The lowest BCUT2D eigenvalue weighted by atomic mass is 10.2. The minimum Gasteiger partial charge on any atom is -0.453 e. The molecule has 0 N–H and O–H groups in total. The Morgan fingerprint density at radius 1 is 1.47 bits per heavy atom. The van der Waals surface area contributed by atoms with Crippen molar-refractivity contribution in [1.29, 1.82) is 0 Å². The number of hydrogen-bond acceptors (Lipinski definition) is 4. The zero-order chi connectivity index (χ0) is 12.3. The topological polar surface area (TPSA) is 46.6 Å². The SMILES string of the molecule is COC(=O)N1C(c2ccccc2)SC[C@H]1C=O. The molecule has 4 nitrogen and oxygen atoms in total. The van der Waals surface area contributed by atoms with Crippen LogP contribution in [0.1, 0.15) is 10.9 Å². The van der Waals surface area contributed by atoms with Gasteiger partial charge in [0.05, 0.1) is 7.11 Å². The summed E-state index contributed by atoms with van der Waals surface area (Å²) in [5, 5.41) is -0.140. The van der Waals surface area contributed by atoms with Gasteiger partial charge >= 0.3 is 6.09 Å². The van der Waals surface area contributed by atoms with Gasteiger partial charge in [-0.05, 0) is 5.56 Å². The van der Waals surface area contributed by atoms with E-state index in [-0.39, 0.29) is 5.37 Å². The summed E-state index contributed by atoms with van der Waals surface area (Å²) in [7, 11) is 1.33. The maximum atomic E-state index is 11.7. The molecule has 1 aromatic carbocycles. The van der Waals surface area contributed by atoms with Crippen molar-refractivity contribution in [3.8, 4) is 0 Å². The molecular formula is C12H13NO3S. The first-order chi connectivity index (χ1) is 8.27. The van der Waals surface area contributed by atoms with Crippen LogP contribution in [0.5, 0.6) is 0 Å². The van der Waals surface area contributed by atoms with Crippen LogP contribution in [0.4, 0.5) is 4.79 Å². The summed E-state index contributed by atoms with van der Waals surface area (Å²) in [5.41, 5.74) is 1.01. The van der Waals surface area contributed by atoms with Gasteiger partial charge in [0, 0.05) is 5.75 Å². The minimum atomic E-state index is -0.457. The Bertz CT molecular complexity index is 409. The number of carbonyl (C=O) groups excluding carboxylic acids is 2. The van der Waals surface area contributed by atoms with E-state index in [2.05, 4.69) is 0 Å². The summed E-state index contributed by atoms with van der Waals surface area (Å²) in [6.07, 6.45) is 0.341. The second-order valence-electron chi connectivity index (χ2n) is 3.68. The minimum absolute atomic E-state index is 0.140. The van der Waals surface area contributed by atoms with Gasteiger partial charge in [0.2, 0.25) is 0 Å². The monoisotopic (exact) mass is 251 g/mol. The first kappa shape index (κ1) is 12.0. The number of thioether (sulfide) groups is 1. The van der Waals surface area contributed by atoms with E-state index in [0.717, 1.165) is 11.8 Å². The molecule has 1 heterocycles. The molecule has 0 radical (unpaired) electrons. The van der Waals surface area contributed by atoms with Crippen LogP contribution >= 0.6 is 11.8 Å². The van der Waals surface area contributed by atoms with Crippen molar-refractivity contribution in [2.24, 2.45) is 0 Å². The van der Waals surface area contributed by atoms with E-state index in [9.17, 15) is 9.59 Å². The average molecular weight is 251 g/mol. The second kappa shape index (κ2) is 5.23. The van der Waals surface area contributed by atoms with Crippen LogP contribution in [0.2, 0.25) is 0 Å². The van der Waals surface area contributed by atoms with Gasteiger partial charge in [0.15, 0.2) is 0 Å². The third-order valence-corrected chi connectivity index (χ3v) is 4.01. The van der Waals surface area contributed by atoms with E-state index < -0.39 is 12.1 Å². The quantitative estimate of drug-likeness (QED) is 0.755. The van der Waals surface area contributed by atoms with Gasteiger partial charge in [0.25, 0.3) is 0 Å². The molecule has 1 aliphatic heterocycles. The zero-order valence-electron chi connectivity index (χ0n) is 9.41. The Kier molecular flexibility index (Phi) is 3.68. The Labute approximate surface area is 104 Å². The predicted octanol–water partition coefficient (Wildman–Crippen LogP) is 2.07. The predicted molar refractivity (Wildman–Crippen MR) is 65.7 cm³/mol. The molecule has 0 saturated carbocycles. The standard InChI is InChI=1S/C12H13NO3S/c1-16-12(15)13-10(7-14)8-17-11(13)9-5-3-2-4-6-9/h2-7,10-11H,8H2,1H3/t10-,11?/m1/s1. The lowest BCUT2D eigenvalue weighted by Crippen LogP contribution is -2.38. The van der Waals surface area contributed by atoms with Crippen molar-refractivity contribution >= 4 is 24.1 Å². The Hall–Kier alpha value is -1.49. The summed E-state index contributed by atoms with van der Waals surface area (Å²) in [6.45, 7) is 0. The van der Waals surface area contributed by atoms with E-state index in [4.69, 9.17) is 4.74 Å². The number of rotatable bonds is 2. The number of hydrogen-bond donors (Lipinski definition) is 0. The molecule has 1 amide bonds. The van der Waals surface area contributed by atoms with E-state index in [1.54, 1.807) is 11.8 Å². The van der Waals surface area contributed by atoms with Gasteiger partial charge < -0.3 is 9.53 Å². The molecular weight excluding hydrogens is 238 g/mol. The van der Waals surface area contributed by atoms with Gasteiger partial charge in [-0.3, -0.25) is 4.90 Å². The van der Waals surface area contributed by atoms with Gasteiger partial charge in [0.1, 0.15) is 17.7 Å². The van der Waals surface area contributed by atoms with Crippen molar-refractivity contribution in [2.45, 2.75) is 11.4 Å². The Balaban J connectivity index is 2.28. The fraction of sp³-hybridized carbons (Fsp3) is 0.333.